The lowest BCUT2D eigenvalue weighted by Crippen LogP contribution is -2.50. The first-order chi connectivity index (χ1) is 8.22. The molecule has 0 aromatic rings. The van der Waals surface area contributed by atoms with Crippen molar-refractivity contribution in [2.75, 3.05) is 32.7 Å². The highest BCUT2D eigenvalue weighted by molar-refractivity contribution is 5.78. The lowest BCUT2D eigenvalue weighted by Gasteiger charge is -2.35. The SMILES string of the molecule is CC.CCC(CC)C(=O)N1CCN(CC)CC1. The average Bonchev–Trinajstić information content (AvgIpc) is 2.42. The molecule has 17 heavy (non-hydrogen) atoms. The van der Waals surface area contributed by atoms with Crippen LogP contribution in [0, 0.1) is 5.92 Å². The molecule has 102 valence electrons. The van der Waals surface area contributed by atoms with Crippen LogP contribution in [0.3, 0.4) is 0 Å². The zero-order valence-corrected chi connectivity index (χ0v) is 12.3. The van der Waals surface area contributed by atoms with E-state index in [0.29, 0.717) is 5.91 Å². The van der Waals surface area contributed by atoms with Crippen LogP contribution < -0.4 is 0 Å². The number of hydrogen-bond acceptors (Lipinski definition) is 2. The summed E-state index contributed by atoms with van der Waals surface area (Å²) in [6, 6.07) is 0. The van der Waals surface area contributed by atoms with Gasteiger partial charge in [-0.2, -0.15) is 0 Å². The van der Waals surface area contributed by atoms with Crippen LogP contribution in [-0.2, 0) is 4.79 Å². The predicted octanol–water partition coefficient (Wildman–Crippen LogP) is 2.61. The summed E-state index contributed by atoms with van der Waals surface area (Å²) in [5.41, 5.74) is 0. The Morgan fingerprint density at radius 1 is 1.00 bits per heavy atom. The maximum Gasteiger partial charge on any atom is 0.225 e. The van der Waals surface area contributed by atoms with E-state index in [9.17, 15) is 4.79 Å². The van der Waals surface area contributed by atoms with Crippen LogP contribution in [0.1, 0.15) is 47.5 Å². The normalized spacial score (nSPS) is 16.7. The summed E-state index contributed by atoms with van der Waals surface area (Å²) < 4.78 is 0. The first-order valence-corrected chi connectivity index (χ1v) is 7.24. The number of carbonyl (C=O) groups is 1. The van der Waals surface area contributed by atoms with Gasteiger partial charge in [0.25, 0.3) is 0 Å². The third-order valence-corrected chi connectivity index (χ3v) is 3.47. The van der Waals surface area contributed by atoms with Gasteiger partial charge in [-0.05, 0) is 19.4 Å². The molecule has 1 amide bonds. The van der Waals surface area contributed by atoms with Crippen LogP contribution in [0.25, 0.3) is 0 Å². The molecule has 1 aliphatic rings. The van der Waals surface area contributed by atoms with E-state index in [2.05, 4.69) is 25.7 Å². The fourth-order valence-electron chi connectivity index (χ4n) is 2.18. The number of carbonyl (C=O) groups excluding carboxylic acids is 1. The lowest BCUT2D eigenvalue weighted by molar-refractivity contribution is -0.137. The highest BCUT2D eigenvalue weighted by atomic mass is 16.2. The van der Waals surface area contributed by atoms with Crippen molar-refractivity contribution in [2.45, 2.75) is 47.5 Å². The summed E-state index contributed by atoms with van der Waals surface area (Å²) in [5, 5.41) is 0. The number of amides is 1. The highest BCUT2D eigenvalue weighted by Crippen LogP contribution is 2.13. The van der Waals surface area contributed by atoms with E-state index in [1.54, 1.807) is 0 Å². The fourth-order valence-corrected chi connectivity index (χ4v) is 2.18. The van der Waals surface area contributed by atoms with Gasteiger partial charge in [0.1, 0.15) is 0 Å². The minimum atomic E-state index is 0.248. The zero-order chi connectivity index (χ0) is 13.3. The quantitative estimate of drug-likeness (QED) is 0.756. The van der Waals surface area contributed by atoms with Gasteiger partial charge in [-0.25, -0.2) is 0 Å². The molecule has 1 heterocycles. The van der Waals surface area contributed by atoms with E-state index in [1.807, 2.05) is 18.7 Å². The Balaban J connectivity index is 0.00000121. The Morgan fingerprint density at radius 3 is 1.82 bits per heavy atom. The first-order valence-electron chi connectivity index (χ1n) is 7.24. The second-order valence-corrected chi connectivity index (χ2v) is 4.27. The van der Waals surface area contributed by atoms with Gasteiger partial charge in [-0.15, -0.1) is 0 Å². The summed E-state index contributed by atoms with van der Waals surface area (Å²) in [6.45, 7) is 15.4. The van der Waals surface area contributed by atoms with E-state index in [-0.39, 0.29) is 5.92 Å². The van der Waals surface area contributed by atoms with E-state index in [4.69, 9.17) is 0 Å². The molecule has 0 radical (unpaired) electrons. The molecule has 0 aliphatic carbocycles. The van der Waals surface area contributed by atoms with Gasteiger partial charge in [-0.1, -0.05) is 34.6 Å². The van der Waals surface area contributed by atoms with E-state index in [0.717, 1.165) is 45.6 Å². The molecular formula is C14H30N2O. The molecule has 0 saturated carbocycles. The highest BCUT2D eigenvalue weighted by Gasteiger charge is 2.24. The van der Waals surface area contributed by atoms with Crippen molar-refractivity contribution >= 4 is 5.91 Å². The molecule has 0 aromatic carbocycles. The van der Waals surface area contributed by atoms with Crippen molar-refractivity contribution in [1.29, 1.82) is 0 Å². The van der Waals surface area contributed by atoms with Crippen molar-refractivity contribution < 1.29 is 4.79 Å². The standard InChI is InChI=1S/C12H24N2O.C2H6/c1-4-11(5-2)12(15)14-9-7-13(6-3)8-10-14;1-2/h11H,4-10H2,1-3H3;1-2H3. The maximum atomic E-state index is 12.1. The van der Waals surface area contributed by atoms with Gasteiger partial charge >= 0.3 is 0 Å². The predicted molar refractivity (Wildman–Crippen MR) is 74.1 cm³/mol. The molecule has 0 spiro atoms. The van der Waals surface area contributed by atoms with E-state index in [1.165, 1.54) is 0 Å². The third-order valence-electron chi connectivity index (χ3n) is 3.47. The zero-order valence-electron chi connectivity index (χ0n) is 12.3. The molecular weight excluding hydrogens is 212 g/mol. The summed E-state index contributed by atoms with van der Waals surface area (Å²) in [4.78, 5) is 16.5. The monoisotopic (exact) mass is 242 g/mol. The van der Waals surface area contributed by atoms with Gasteiger partial charge in [0.15, 0.2) is 0 Å². The molecule has 3 heteroatoms. The Labute approximate surface area is 107 Å². The summed E-state index contributed by atoms with van der Waals surface area (Å²) in [7, 11) is 0. The first kappa shape index (κ1) is 16.4. The van der Waals surface area contributed by atoms with Crippen LogP contribution in [0.4, 0.5) is 0 Å². The molecule has 0 unspecified atom stereocenters. The van der Waals surface area contributed by atoms with Gasteiger partial charge in [0.2, 0.25) is 5.91 Å². The van der Waals surface area contributed by atoms with Crippen LogP contribution in [-0.4, -0.2) is 48.4 Å². The van der Waals surface area contributed by atoms with E-state index >= 15 is 0 Å². The molecule has 3 nitrogen and oxygen atoms in total. The van der Waals surface area contributed by atoms with Crippen LogP contribution in [0.5, 0.6) is 0 Å². The van der Waals surface area contributed by atoms with Crippen molar-refractivity contribution in [3.8, 4) is 0 Å². The lowest BCUT2D eigenvalue weighted by atomic mass is 10.0. The van der Waals surface area contributed by atoms with Crippen LogP contribution in [0.2, 0.25) is 0 Å². The fraction of sp³-hybridized carbons (Fsp3) is 0.929. The van der Waals surface area contributed by atoms with Gasteiger partial charge in [-0.3, -0.25) is 4.79 Å². The number of piperazine rings is 1. The molecule has 0 bridgehead atoms. The van der Waals surface area contributed by atoms with Crippen molar-refractivity contribution in [1.82, 2.24) is 9.80 Å². The van der Waals surface area contributed by atoms with E-state index < -0.39 is 0 Å². The molecule has 0 atom stereocenters. The van der Waals surface area contributed by atoms with Crippen LogP contribution in [0.15, 0.2) is 0 Å². The topological polar surface area (TPSA) is 23.6 Å². The molecule has 1 fully saturated rings. The van der Waals surface area contributed by atoms with Gasteiger partial charge in [0, 0.05) is 32.1 Å². The van der Waals surface area contributed by atoms with Gasteiger partial charge < -0.3 is 9.80 Å². The summed E-state index contributed by atoms with van der Waals surface area (Å²) in [5.74, 6) is 0.619. The second kappa shape index (κ2) is 9.46. The smallest absolute Gasteiger partial charge is 0.225 e. The maximum absolute atomic E-state index is 12.1. The number of hydrogen-bond donors (Lipinski definition) is 0. The number of nitrogens with zero attached hydrogens (tertiary/aromatic N) is 2. The minimum absolute atomic E-state index is 0.248. The van der Waals surface area contributed by atoms with Crippen molar-refractivity contribution in [2.24, 2.45) is 5.92 Å². The number of likely N-dealkylation sites (N-methyl/N-ethyl adjacent to an activating group) is 1. The largest absolute Gasteiger partial charge is 0.340 e. The second-order valence-electron chi connectivity index (χ2n) is 4.27. The molecule has 0 N–H and O–H groups in total. The minimum Gasteiger partial charge on any atom is -0.340 e. The molecule has 1 saturated heterocycles. The summed E-state index contributed by atoms with van der Waals surface area (Å²) >= 11 is 0. The third kappa shape index (κ3) is 5.07. The average molecular weight is 242 g/mol. The summed E-state index contributed by atoms with van der Waals surface area (Å²) in [6.07, 6.45) is 1.95. The van der Waals surface area contributed by atoms with Gasteiger partial charge in [0.05, 0.1) is 0 Å². The molecule has 1 rings (SSSR count). The Bertz CT molecular complexity index is 194. The number of rotatable bonds is 4. The molecule has 0 aromatic heterocycles. The Hall–Kier alpha value is -0.570. The Kier molecular flexibility index (Phi) is 9.14. The molecule has 1 aliphatic heterocycles. The van der Waals surface area contributed by atoms with Crippen molar-refractivity contribution in [3.05, 3.63) is 0 Å². The van der Waals surface area contributed by atoms with Crippen molar-refractivity contribution in [3.63, 3.8) is 0 Å². The van der Waals surface area contributed by atoms with Crippen LogP contribution >= 0.6 is 0 Å². The Morgan fingerprint density at radius 2 is 1.47 bits per heavy atom.